The van der Waals surface area contributed by atoms with Gasteiger partial charge in [-0.25, -0.2) is 9.50 Å². The van der Waals surface area contributed by atoms with Crippen LogP contribution in [0.5, 0.6) is 0 Å². The number of benzene rings is 1. The van der Waals surface area contributed by atoms with E-state index in [1.807, 2.05) is 18.2 Å². The van der Waals surface area contributed by atoms with E-state index in [2.05, 4.69) is 27.1 Å². The molecule has 0 radical (unpaired) electrons. The maximum absolute atomic E-state index is 13.5. The molecule has 0 aliphatic carbocycles. The first-order valence-electron chi connectivity index (χ1n) is 8.61. The number of aryl methyl sites for hydroxylation is 1. The van der Waals surface area contributed by atoms with E-state index in [1.54, 1.807) is 13.0 Å². The summed E-state index contributed by atoms with van der Waals surface area (Å²) in [7, 11) is 0. The van der Waals surface area contributed by atoms with Gasteiger partial charge in [-0.15, -0.1) is 0 Å². The van der Waals surface area contributed by atoms with E-state index in [0.717, 1.165) is 30.1 Å². The van der Waals surface area contributed by atoms with Crippen molar-refractivity contribution in [3.8, 4) is 0 Å². The minimum absolute atomic E-state index is 0.0000170. The number of aromatic nitrogens is 3. The van der Waals surface area contributed by atoms with Gasteiger partial charge in [-0.1, -0.05) is 30.3 Å². The normalized spacial score (nSPS) is 18.7. The molecule has 0 saturated carbocycles. The number of rotatable bonds is 3. The highest BCUT2D eigenvalue weighted by Crippen LogP contribution is 2.34. The second-order valence-electron chi connectivity index (χ2n) is 6.83. The lowest BCUT2D eigenvalue weighted by molar-refractivity contribution is -0.142. The molecule has 2 aromatic heterocycles. The molecule has 4 nitrogen and oxygen atoms in total. The van der Waals surface area contributed by atoms with Crippen LogP contribution >= 0.6 is 0 Å². The molecule has 0 amide bonds. The number of fused-ring (bicyclic) bond motifs is 1. The smallest absolute Gasteiger partial charge is 0.298 e. The average molecular weight is 360 g/mol. The van der Waals surface area contributed by atoms with Crippen molar-refractivity contribution in [2.75, 3.05) is 13.1 Å². The van der Waals surface area contributed by atoms with Gasteiger partial charge < -0.3 is 0 Å². The predicted molar refractivity (Wildman–Crippen MR) is 91.8 cm³/mol. The largest absolute Gasteiger partial charge is 0.433 e. The summed E-state index contributed by atoms with van der Waals surface area (Å²) in [4.78, 5) is 6.73. The van der Waals surface area contributed by atoms with Gasteiger partial charge in [-0.05, 0) is 31.5 Å². The van der Waals surface area contributed by atoms with Crippen LogP contribution in [0.1, 0.15) is 35.0 Å². The van der Waals surface area contributed by atoms with E-state index in [1.165, 1.54) is 5.56 Å². The summed E-state index contributed by atoms with van der Waals surface area (Å²) >= 11 is 0. The molecule has 1 aliphatic heterocycles. The van der Waals surface area contributed by atoms with Gasteiger partial charge in [0.25, 0.3) is 0 Å². The lowest BCUT2D eigenvalue weighted by Crippen LogP contribution is -2.20. The van der Waals surface area contributed by atoms with Gasteiger partial charge in [0.1, 0.15) is 5.69 Å². The molecular formula is C19H19F3N4. The second-order valence-corrected chi connectivity index (χ2v) is 6.83. The van der Waals surface area contributed by atoms with Crippen LogP contribution in [-0.2, 0) is 12.7 Å². The Bertz CT molecular complexity index is 918. The molecule has 3 heterocycles. The first-order chi connectivity index (χ1) is 12.4. The summed E-state index contributed by atoms with van der Waals surface area (Å²) in [6.07, 6.45) is -3.66. The van der Waals surface area contributed by atoms with Crippen molar-refractivity contribution in [2.45, 2.75) is 32.0 Å². The summed E-state index contributed by atoms with van der Waals surface area (Å²) in [5.74, 6) is 0.0000170. The third-order valence-electron chi connectivity index (χ3n) is 4.80. The molecular weight excluding hydrogens is 341 g/mol. The number of alkyl halides is 3. The summed E-state index contributed by atoms with van der Waals surface area (Å²) in [5, 5.41) is 3.94. The summed E-state index contributed by atoms with van der Waals surface area (Å²) in [5.41, 5.74) is 1.73. The fraction of sp³-hybridized carbons (Fsp3) is 0.368. The van der Waals surface area contributed by atoms with E-state index in [9.17, 15) is 13.2 Å². The van der Waals surface area contributed by atoms with Crippen molar-refractivity contribution in [1.82, 2.24) is 19.5 Å². The zero-order valence-electron chi connectivity index (χ0n) is 14.4. The van der Waals surface area contributed by atoms with Gasteiger partial charge in [-0.2, -0.15) is 18.3 Å². The molecule has 0 bridgehead atoms. The zero-order chi connectivity index (χ0) is 18.3. The monoisotopic (exact) mass is 360 g/mol. The molecule has 1 atom stereocenters. The summed E-state index contributed by atoms with van der Waals surface area (Å²) in [6.45, 7) is 4.04. The number of likely N-dealkylation sites (tertiary alicyclic amines) is 1. The Morgan fingerprint density at radius 2 is 1.92 bits per heavy atom. The third-order valence-corrected chi connectivity index (χ3v) is 4.80. The van der Waals surface area contributed by atoms with Crippen LogP contribution in [0.2, 0.25) is 0 Å². The Kier molecular flexibility index (Phi) is 4.19. The average Bonchev–Trinajstić information content (AvgIpc) is 3.19. The molecule has 0 N–H and O–H groups in total. The van der Waals surface area contributed by atoms with Gasteiger partial charge in [0.05, 0.1) is 5.69 Å². The maximum atomic E-state index is 13.5. The van der Waals surface area contributed by atoms with Crippen molar-refractivity contribution < 1.29 is 13.2 Å². The highest BCUT2D eigenvalue weighted by atomic mass is 19.4. The van der Waals surface area contributed by atoms with Crippen LogP contribution in [0.3, 0.4) is 0 Å². The predicted octanol–water partition coefficient (Wildman–Crippen LogP) is 4.05. The number of halogens is 3. The molecule has 136 valence electrons. The first-order valence-corrected chi connectivity index (χ1v) is 8.61. The Labute approximate surface area is 149 Å². The van der Waals surface area contributed by atoms with Gasteiger partial charge in [0, 0.05) is 30.8 Å². The van der Waals surface area contributed by atoms with Crippen LogP contribution in [0.15, 0.2) is 42.5 Å². The Balaban J connectivity index is 1.61. The highest BCUT2D eigenvalue weighted by molar-refractivity contribution is 5.43. The molecule has 1 aromatic carbocycles. The second kappa shape index (κ2) is 6.39. The first kappa shape index (κ1) is 17.0. The molecule has 4 rings (SSSR count). The number of hydrogen-bond acceptors (Lipinski definition) is 3. The molecule has 0 unspecified atom stereocenters. The van der Waals surface area contributed by atoms with E-state index in [4.69, 9.17) is 0 Å². The van der Waals surface area contributed by atoms with Crippen LogP contribution in [0.25, 0.3) is 5.65 Å². The standard InChI is InChI=1S/C19H19F3N4/c1-13-9-18-23-16(10-17(19(20,21)22)26(18)24-13)15-7-8-25(12-15)11-14-5-3-2-4-6-14/h2-6,9-10,15H,7-8,11-12H2,1H3/t15-/m1/s1. The molecule has 1 fully saturated rings. The lowest BCUT2D eigenvalue weighted by atomic mass is 10.0. The van der Waals surface area contributed by atoms with Crippen LogP contribution in [-0.4, -0.2) is 32.6 Å². The van der Waals surface area contributed by atoms with Crippen LogP contribution in [0, 0.1) is 6.92 Å². The van der Waals surface area contributed by atoms with Gasteiger partial charge >= 0.3 is 6.18 Å². The van der Waals surface area contributed by atoms with Crippen LogP contribution in [0.4, 0.5) is 13.2 Å². The van der Waals surface area contributed by atoms with E-state index >= 15 is 0 Å². The van der Waals surface area contributed by atoms with Gasteiger partial charge in [0.2, 0.25) is 0 Å². The Hall–Kier alpha value is -2.41. The maximum Gasteiger partial charge on any atom is 0.433 e. The van der Waals surface area contributed by atoms with E-state index in [0.29, 0.717) is 17.9 Å². The van der Waals surface area contributed by atoms with Crippen LogP contribution < -0.4 is 0 Å². The zero-order valence-corrected chi connectivity index (χ0v) is 14.4. The quantitative estimate of drug-likeness (QED) is 0.707. The Morgan fingerprint density at radius 3 is 2.65 bits per heavy atom. The van der Waals surface area contributed by atoms with E-state index in [-0.39, 0.29) is 11.6 Å². The number of hydrogen-bond donors (Lipinski definition) is 0. The topological polar surface area (TPSA) is 33.4 Å². The van der Waals surface area contributed by atoms with Gasteiger partial charge in [-0.3, -0.25) is 4.90 Å². The minimum atomic E-state index is -4.46. The highest BCUT2D eigenvalue weighted by Gasteiger charge is 2.36. The van der Waals surface area contributed by atoms with Crippen molar-refractivity contribution in [2.24, 2.45) is 0 Å². The molecule has 3 aromatic rings. The number of nitrogens with zero attached hydrogens (tertiary/aromatic N) is 4. The third kappa shape index (κ3) is 3.31. The summed E-state index contributed by atoms with van der Waals surface area (Å²) in [6, 6.07) is 12.8. The lowest BCUT2D eigenvalue weighted by Gasteiger charge is -2.17. The van der Waals surface area contributed by atoms with Crippen molar-refractivity contribution >= 4 is 5.65 Å². The summed E-state index contributed by atoms with van der Waals surface area (Å²) < 4.78 is 41.3. The van der Waals surface area contributed by atoms with Crippen molar-refractivity contribution in [3.63, 3.8) is 0 Å². The molecule has 26 heavy (non-hydrogen) atoms. The Morgan fingerprint density at radius 1 is 1.15 bits per heavy atom. The SMILES string of the molecule is Cc1cc2nc([C@@H]3CCN(Cc4ccccc4)C3)cc(C(F)(F)F)n2n1. The van der Waals surface area contributed by atoms with E-state index < -0.39 is 11.9 Å². The molecule has 1 saturated heterocycles. The van der Waals surface area contributed by atoms with Gasteiger partial charge in [0.15, 0.2) is 5.65 Å². The molecule has 7 heteroatoms. The van der Waals surface area contributed by atoms with Crippen molar-refractivity contribution in [3.05, 3.63) is 65.1 Å². The minimum Gasteiger partial charge on any atom is -0.298 e. The fourth-order valence-electron chi connectivity index (χ4n) is 3.58. The molecule has 0 spiro atoms. The van der Waals surface area contributed by atoms with Crippen molar-refractivity contribution in [1.29, 1.82) is 0 Å². The fourth-order valence-corrected chi connectivity index (χ4v) is 3.58. The molecule has 1 aliphatic rings.